The fourth-order valence-corrected chi connectivity index (χ4v) is 2.17. The van der Waals surface area contributed by atoms with Crippen molar-refractivity contribution in [3.8, 4) is 0 Å². The van der Waals surface area contributed by atoms with Crippen molar-refractivity contribution in [1.29, 1.82) is 0 Å². The highest BCUT2D eigenvalue weighted by molar-refractivity contribution is 5.45. The van der Waals surface area contributed by atoms with Crippen LogP contribution >= 0.6 is 0 Å². The lowest BCUT2D eigenvalue weighted by molar-refractivity contribution is 0.624. The number of aromatic nitrogens is 2. The SMILES string of the molecule is Cc1cc(C)c(N[C@@H](C)c2ccc(F)cc2C)nn1. The smallest absolute Gasteiger partial charge is 0.152 e. The second-order valence-corrected chi connectivity index (χ2v) is 4.88. The van der Waals surface area contributed by atoms with E-state index < -0.39 is 0 Å². The highest BCUT2D eigenvalue weighted by Crippen LogP contribution is 2.23. The molecule has 0 saturated heterocycles. The van der Waals surface area contributed by atoms with Gasteiger partial charge in [0.1, 0.15) is 5.82 Å². The zero-order valence-corrected chi connectivity index (χ0v) is 11.7. The van der Waals surface area contributed by atoms with Gasteiger partial charge in [0.2, 0.25) is 0 Å². The van der Waals surface area contributed by atoms with E-state index in [0.717, 1.165) is 28.2 Å². The maximum absolute atomic E-state index is 13.1. The minimum Gasteiger partial charge on any atom is -0.362 e. The Morgan fingerprint density at radius 1 is 1.05 bits per heavy atom. The van der Waals surface area contributed by atoms with Crippen LogP contribution in [0.2, 0.25) is 0 Å². The first kappa shape index (κ1) is 13.5. The molecule has 0 amide bonds. The van der Waals surface area contributed by atoms with E-state index in [4.69, 9.17) is 0 Å². The third-order valence-corrected chi connectivity index (χ3v) is 3.16. The van der Waals surface area contributed by atoms with Crippen LogP contribution in [0.1, 0.15) is 35.3 Å². The predicted octanol–water partition coefficient (Wildman–Crippen LogP) is 3.71. The second-order valence-electron chi connectivity index (χ2n) is 4.88. The molecule has 2 aromatic rings. The minimum absolute atomic E-state index is 0.0521. The van der Waals surface area contributed by atoms with Crippen LogP contribution < -0.4 is 5.32 Å². The predicted molar refractivity (Wildman–Crippen MR) is 74.7 cm³/mol. The zero-order chi connectivity index (χ0) is 14.0. The molecule has 0 aliphatic rings. The molecule has 0 aliphatic heterocycles. The van der Waals surface area contributed by atoms with E-state index in [-0.39, 0.29) is 11.9 Å². The van der Waals surface area contributed by atoms with Crippen LogP contribution in [-0.2, 0) is 0 Å². The molecule has 1 atom stereocenters. The first-order chi connectivity index (χ1) is 8.97. The Kier molecular flexibility index (Phi) is 3.79. The van der Waals surface area contributed by atoms with Gasteiger partial charge in [-0.25, -0.2) is 4.39 Å². The molecule has 100 valence electrons. The number of nitrogens with zero attached hydrogens (tertiary/aromatic N) is 2. The Labute approximate surface area is 112 Å². The van der Waals surface area contributed by atoms with Gasteiger partial charge in [-0.05, 0) is 62.6 Å². The third kappa shape index (κ3) is 3.08. The Morgan fingerprint density at radius 2 is 1.79 bits per heavy atom. The molecule has 4 heteroatoms. The van der Waals surface area contributed by atoms with Gasteiger partial charge < -0.3 is 5.32 Å². The van der Waals surface area contributed by atoms with Crippen LogP contribution in [0.15, 0.2) is 24.3 Å². The topological polar surface area (TPSA) is 37.8 Å². The molecule has 1 aromatic heterocycles. The molecule has 0 aliphatic carbocycles. The summed E-state index contributed by atoms with van der Waals surface area (Å²) >= 11 is 0. The molecule has 0 fully saturated rings. The number of benzene rings is 1. The van der Waals surface area contributed by atoms with E-state index in [9.17, 15) is 4.39 Å². The van der Waals surface area contributed by atoms with Crippen molar-refractivity contribution in [3.05, 3.63) is 52.5 Å². The normalized spacial score (nSPS) is 12.3. The number of aryl methyl sites for hydroxylation is 3. The van der Waals surface area contributed by atoms with Crippen LogP contribution in [0.4, 0.5) is 10.2 Å². The van der Waals surface area contributed by atoms with Crippen LogP contribution in [0, 0.1) is 26.6 Å². The van der Waals surface area contributed by atoms with Gasteiger partial charge >= 0.3 is 0 Å². The first-order valence-electron chi connectivity index (χ1n) is 6.31. The van der Waals surface area contributed by atoms with Gasteiger partial charge in [-0.1, -0.05) is 6.07 Å². The zero-order valence-electron chi connectivity index (χ0n) is 11.7. The molecular weight excluding hydrogens is 241 g/mol. The van der Waals surface area contributed by atoms with E-state index in [1.54, 1.807) is 12.1 Å². The van der Waals surface area contributed by atoms with Crippen molar-refractivity contribution in [2.24, 2.45) is 0 Å². The number of anilines is 1. The molecule has 1 heterocycles. The van der Waals surface area contributed by atoms with Crippen LogP contribution in [0.3, 0.4) is 0 Å². The van der Waals surface area contributed by atoms with Crippen molar-refractivity contribution in [2.45, 2.75) is 33.7 Å². The lowest BCUT2D eigenvalue weighted by Crippen LogP contribution is -2.11. The van der Waals surface area contributed by atoms with Gasteiger partial charge in [0.15, 0.2) is 5.82 Å². The first-order valence-corrected chi connectivity index (χ1v) is 6.31. The van der Waals surface area contributed by atoms with Gasteiger partial charge in [0.05, 0.1) is 11.7 Å². The summed E-state index contributed by atoms with van der Waals surface area (Å²) in [4.78, 5) is 0. The summed E-state index contributed by atoms with van der Waals surface area (Å²) in [5.74, 6) is 0.557. The van der Waals surface area contributed by atoms with E-state index in [1.165, 1.54) is 6.07 Å². The maximum Gasteiger partial charge on any atom is 0.152 e. The summed E-state index contributed by atoms with van der Waals surface area (Å²) in [6, 6.07) is 6.87. The molecule has 2 rings (SSSR count). The van der Waals surface area contributed by atoms with E-state index in [0.29, 0.717) is 0 Å². The summed E-state index contributed by atoms with van der Waals surface area (Å²) in [5, 5.41) is 11.5. The van der Waals surface area contributed by atoms with Crippen molar-refractivity contribution < 1.29 is 4.39 Å². The lowest BCUT2D eigenvalue weighted by Gasteiger charge is -2.18. The molecule has 3 nitrogen and oxygen atoms in total. The summed E-state index contributed by atoms with van der Waals surface area (Å²) in [6.45, 7) is 7.84. The maximum atomic E-state index is 13.1. The molecular formula is C15H18FN3. The van der Waals surface area contributed by atoms with Crippen LogP contribution in [-0.4, -0.2) is 10.2 Å². The highest BCUT2D eigenvalue weighted by atomic mass is 19.1. The molecule has 0 radical (unpaired) electrons. The Morgan fingerprint density at radius 3 is 2.42 bits per heavy atom. The third-order valence-electron chi connectivity index (χ3n) is 3.16. The summed E-state index contributed by atoms with van der Waals surface area (Å²) in [5.41, 5.74) is 3.94. The summed E-state index contributed by atoms with van der Waals surface area (Å²) in [7, 11) is 0. The molecule has 0 bridgehead atoms. The number of nitrogens with one attached hydrogen (secondary N) is 1. The van der Waals surface area contributed by atoms with Gasteiger partial charge in [-0.3, -0.25) is 0 Å². The van der Waals surface area contributed by atoms with Crippen molar-refractivity contribution in [1.82, 2.24) is 10.2 Å². The average molecular weight is 259 g/mol. The Balaban J connectivity index is 2.23. The lowest BCUT2D eigenvalue weighted by atomic mass is 10.0. The average Bonchev–Trinajstić information content (AvgIpc) is 2.32. The van der Waals surface area contributed by atoms with Crippen LogP contribution in [0.25, 0.3) is 0 Å². The van der Waals surface area contributed by atoms with E-state index in [2.05, 4.69) is 15.5 Å². The van der Waals surface area contributed by atoms with Gasteiger partial charge in [0.25, 0.3) is 0 Å². The number of halogens is 1. The van der Waals surface area contributed by atoms with E-state index in [1.807, 2.05) is 33.8 Å². The largest absolute Gasteiger partial charge is 0.362 e. The second kappa shape index (κ2) is 5.34. The molecule has 0 unspecified atom stereocenters. The number of rotatable bonds is 3. The van der Waals surface area contributed by atoms with Crippen molar-refractivity contribution >= 4 is 5.82 Å². The van der Waals surface area contributed by atoms with Crippen LogP contribution in [0.5, 0.6) is 0 Å². The Hall–Kier alpha value is -1.97. The number of hydrogen-bond acceptors (Lipinski definition) is 3. The monoisotopic (exact) mass is 259 g/mol. The molecule has 1 N–H and O–H groups in total. The minimum atomic E-state index is -0.209. The molecule has 0 saturated carbocycles. The molecule has 0 spiro atoms. The van der Waals surface area contributed by atoms with Crippen molar-refractivity contribution in [3.63, 3.8) is 0 Å². The summed E-state index contributed by atoms with van der Waals surface area (Å²) < 4.78 is 13.1. The van der Waals surface area contributed by atoms with Gasteiger partial charge in [0, 0.05) is 0 Å². The standard InChI is InChI=1S/C15H18FN3/c1-9-8-13(16)5-6-14(9)12(4)17-15-10(2)7-11(3)18-19-15/h5-8,12H,1-4H3,(H,17,19)/t12-/m0/s1. The Bertz CT molecular complexity index is 596. The fourth-order valence-electron chi connectivity index (χ4n) is 2.17. The quantitative estimate of drug-likeness (QED) is 0.913. The highest BCUT2D eigenvalue weighted by Gasteiger charge is 2.11. The van der Waals surface area contributed by atoms with Gasteiger partial charge in [-0.2, -0.15) is 5.10 Å². The fraction of sp³-hybridized carbons (Fsp3) is 0.333. The summed E-state index contributed by atoms with van der Waals surface area (Å²) in [6.07, 6.45) is 0. The number of hydrogen-bond donors (Lipinski definition) is 1. The van der Waals surface area contributed by atoms with Crippen molar-refractivity contribution in [2.75, 3.05) is 5.32 Å². The molecule has 19 heavy (non-hydrogen) atoms. The molecule has 1 aromatic carbocycles. The van der Waals surface area contributed by atoms with Gasteiger partial charge in [-0.15, -0.1) is 5.10 Å². The van der Waals surface area contributed by atoms with E-state index >= 15 is 0 Å².